The summed E-state index contributed by atoms with van der Waals surface area (Å²) in [5.74, 6) is 0.364. The topological polar surface area (TPSA) is 120 Å². The van der Waals surface area contributed by atoms with Gasteiger partial charge in [0.25, 0.3) is 0 Å². The maximum atomic E-state index is 9.75. The minimum Gasteiger partial charge on any atom is -0.508 e. The first-order valence-electron chi connectivity index (χ1n) is 5.79. The van der Waals surface area contributed by atoms with Gasteiger partial charge in [-0.15, -0.1) is 0 Å². The molecule has 0 aromatic heterocycles. The Bertz CT molecular complexity index is 420. The van der Waals surface area contributed by atoms with Crippen LogP contribution in [0.2, 0.25) is 0 Å². The van der Waals surface area contributed by atoms with Gasteiger partial charge in [0.2, 0.25) is 6.29 Å². The van der Waals surface area contributed by atoms with Crippen molar-refractivity contribution in [2.24, 2.45) is 0 Å². The number of phenols is 1. The zero-order valence-corrected chi connectivity index (χ0v) is 31.2. The van der Waals surface area contributed by atoms with E-state index in [1.165, 1.54) is 24.3 Å². The predicted molar refractivity (Wildman–Crippen MR) is 62.5 cm³/mol. The van der Waals surface area contributed by atoms with E-state index in [1.54, 1.807) is 0 Å². The molecule has 0 amide bonds. The Labute approximate surface area is 277 Å². The largest absolute Gasteiger partial charge is 0.508 e. The van der Waals surface area contributed by atoms with Gasteiger partial charge in [-0.05, 0) is 24.3 Å². The molecule has 11 heteroatoms. The fraction of sp³-hybridized carbons (Fsp3) is 0.500. The summed E-state index contributed by atoms with van der Waals surface area (Å²) in [6.45, 7) is -0.514. The number of rotatable bonds is 3. The SMILES string of the molecule is OC[C@H]1OC(Oc2ccc(O)cc2)C(O)C(O)C1O.[Ac].[Ac].[Ac].[Ac]. The van der Waals surface area contributed by atoms with Crippen molar-refractivity contribution in [3.63, 3.8) is 0 Å². The summed E-state index contributed by atoms with van der Waals surface area (Å²) in [4.78, 5) is 0. The zero-order chi connectivity index (χ0) is 14.0. The number of ether oxygens (including phenoxy) is 2. The number of hydrogen-bond donors (Lipinski definition) is 5. The van der Waals surface area contributed by atoms with Crippen molar-refractivity contribution in [3.8, 4) is 11.5 Å². The van der Waals surface area contributed by atoms with Gasteiger partial charge in [-0.2, -0.15) is 0 Å². The van der Waals surface area contributed by atoms with Crippen LogP contribution < -0.4 is 4.74 Å². The number of aliphatic hydroxyl groups is 4. The van der Waals surface area contributed by atoms with Crippen LogP contribution in [-0.2, 0) is 4.74 Å². The van der Waals surface area contributed by atoms with Crippen molar-refractivity contribution in [1.82, 2.24) is 0 Å². The Balaban J connectivity index is -0.000001000. The fourth-order valence-corrected chi connectivity index (χ4v) is 1.82. The first-order valence-corrected chi connectivity index (χ1v) is 5.79. The normalized spacial score (nSPS) is 29.0. The van der Waals surface area contributed by atoms with Crippen LogP contribution >= 0.6 is 0 Å². The Morgan fingerprint density at radius 3 is 1.87 bits per heavy atom. The number of benzene rings is 1. The molecule has 4 radical (unpaired) electrons. The minimum absolute atomic E-state index is 0. The van der Waals surface area contributed by atoms with Crippen molar-refractivity contribution in [1.29, 1.82) is 0 Å². The van der Waals surface area contributed by atoms with E-state index in [0.717, 1.165) is 0 Å². The van der Waals surface area contributed by atoms with Gasteiger partial charge in [0, 0.05) is 176 Å². The van der Waals surface area contributed by atoms with Crippen LogP contribution in [0.4, 0.5) is 0 Å². The van der Waals surface area contributed by atoms with E-state index < -0.39 is 37.3 Å². The molecule has 1 heterocycles. The third-order valence-electron chi connectivity index (χ3n) is 2.94. The van der Waals surface area contributed by atoms with Crippen LogP contribution in [0.5, 0.6) is 11.5 Å². The third kappa shape index (κ3) is 9.62. The first-order chi connectivity index (χ1) is 9.02. The monoisotopic (exact) mass is 1180 g/mol. The fourth-order valence-electron chi connectivity index (χ4n) is 1.82. The summed E-state index contributed by atoms with van der Waals surface area (Å²) in [5, 5.41) is 47.1. The van der Waals surface area contributed by atoms with Gasteiger partial charge >= 0.3 is 0 Å². The molecule has 0 bridgehead atoms. The smallest absolute Gasteiger partial charge is 0.229 e. The summed E-state index contributed by atoms with van der Waals surface area (Å²) >= 11 is 0. The van der Waals surface area contributed by atoms with Crippen molar-refractivity contribution in [3.05, 3.63) is 24.3 Å². The Morgan fingerprint density at radius 2 is 1.39 bits per heavy atom. The van der Waals surface area contributed by atoms with Crippen LogP contribution in [0, 0.1) is 176 Å². The van der Waals surface area contributed by atoms with Gasteiger partial charge < -0.3 is 35.0 Å². The molecule has 0 spiro atoms. The summed E-state index contributed by atoms with van der Waals surface area (Å²) < 4.78 is 10.5. The van der Waals surface area contributed by atoms with Crippen molar-refractivity contribution < 1.29 is 211 Å². The van der Waals surface area contributed by atoms with Crippen LogP contribution in [0.3, 0.4) is 0 Å². The van der Waals surface area contributed by atoms with Gasteiger partial charge in [-0.25, -0.2) is 0 Å². The molecular weight excluding hydrogens is 1160 g/mol. The van der Waals surface area contributed by atoms with Gasteiger partial charge in [-0.3, -0.25) is 0 Å². The molecule has 7 nitrogen and oxygen atoms in total. The Hall–Kier alpha value is 4.39. The van der Waals surface area contributed by atoms with E-state index in [1.807, 2.05) is 0 Å². The minimum atomic E-state index is -1.48. The summed E-state index contributed by atoms with van der Waals surface area (Å²) in [5.41, 5.74) is 0. The molecule has 23 heavy (non-hydrogen) atoms. The molecule has 1 saturated heterocycles. The molecule has 2 rings (SSSR count). The van der Waals surface area contributed by atoms with Crippen LogP contribution in [0.15, 0.2) is 24.3 Å². The summed E-state index contributed by atoms with van der Waals surface area (Å²) in [6, 6.07) is 5.69. The quantitative estimate of drug-likeness (QED) is 0.252. The van der Waals surface area contributed by atoms with Crippen molar-refractivity contribution >= 4 is 0 Å². The zero-order valence-electron chi connectivity index (χ0n) is 12.3. The molecule has 1 aliphatic rings. The Morgan fingerprint density at radius 1 is 0.870 bits per heavy atom. The molecule has 4 unspecified atom stereocenters. The second kappa shape index (κ2) is 16.2. The molecule has 0 aliphatic carbocycles. The number of phenolic OH excluding ortho intramolecular Hbond substituents is 1. The first kappa shape index (κ1) is 32.1. The second-order valence-electron chi connectivity index (χ2n) is 4.31. The molecular formula is C12H16Ac4O7. The Kier molecular flexibility index (Phi) is 22.6. The van der Waals surface area contributed by atoms with E-state index >= 15 is 0 Å². The number of aliphatic hydroxyl groups excluding tert-OH is 4. The molecule has 1 aromatic rings. The van der Waals surface area contributed by atoms with Crippen molar-refractivity contribution in [2.75, 3.05) is 6.61 Å². The standard InChI is InChI=1S/C12H16O7.4Ac/c13-5-8-9(15)10(16)11(17)12(19-8)18-7-3-1-6(14)2-4-7;;;;/h1-4,8-17H,5H2;;;;/t8-,9?,10?,11?,12?;;;;/m1..../s1. The van der Waals surface area contributed by atoms with E-state index in [0.29, 0.717) is 5.75 Å². The van der Waals surface area contributed by atoms with Gasteiger partial charge in [0.15, 0.2) is 0 Å². The van der Waals surface area contributed by atoms with E-state index in [9.17, 15) is 15.3 Å². The average Bonchev–Trinajstić information content (AvgIpc) is 2.42. The summed E-state index contributed by atoms with van der Waals surface area (Å²) in [7, 11) is 0. The molecule has 118 valence electrons. The van der Waals surface area contributed by atoms with Gasteiger partial charge in [0.05, 0.1) is 6.61 Å². The second-order valence-corrected chi connectivity index (χ2v) is 4.31. The van der Waals surface area contributed by atoms with E-state index in [2.05, 4.69) is 0 Å². The van der Waals surface area contributed by atoms with Gasteiger partial charge in [0.1, 0.15) is 35.9 Å². The summed E-state index contributed by atoms with van der Waals surface area (Å²) in [6.07, 6.45) is -6.58. The molecule has 1 aliphatic heterocycles. The molecule has 1 aromatic carbocycles. The third-order valence-corrected chi connectivity index (χ3v) is 2.94. The predicted octanol–water partition coefficient (Wildman–Crippen LogP) is -1.43. The maximum absolute atomic E-state index is 9.75. The maximum Gasteiger partial charge on any atom is 0.229 e. The molecule has 5 N–H and O–H groups in total. The number of hydrogen-bond acceptors (Lipinski definition) is 7. The van der Waals surface area contributed by atoms with Gasteiger partial charge in [-0.1, -0.05) is 0 Å². The molecule has 1 fully saturated rings. The number of aromatic hydroxyl groups is 1. The molecule has 0 saturated carbocycles. The van der Waals surface area contributed by atoms with E-state index in [4.69, 9.17) is 19.7 Å². The average molecular weight is 1180 g/mol. The van der Waals surface area contributed by atoms with Crippen LogP contribution in [0.1, 0.15) is 0 Å². The van der Waals surface area contributed by atoms with Crippen molar-refractivity contribution in [2.45, 2.75) is 30.7 Å². The van der Waals surface area contributed by atoms with Crippen LogP contribution in [-0.4, -0.2) is 62.8 Å². The van der Waals surface area contributed by atoms with E-state index in [-0.39, 0.29) is 182 Å². The van der Waals surface area contributed by atoms with Crippen LogP contribution in [0.25, 0.3) is 0 Å². The molecule has 5 atom stereocenters.